The summed E-state index contributed by atoms with van der Waals surface area (Å²) in [6, 6.07) is 23.9. The fraction of sp³-hybridized carbons (Fsp3) is 0.241. The van der Waals surface area contributed by atoms with E-state index in [0.717, 1.165) is 38.5 Å². The molecule has 2 heterocycles. The minimum absolute atomic E-state index is 0.0428. The van der Waals surface area contributed by atoms with E-state index in [1.165, 1.54) is 0 Å². The first-order valence-electron chi connectivity index (χ1n) is 12.5. The number of hydrogen-bond donors (Lipinski definition) is 3. The van der Waals surface area contributed by atoms with Gasteiger partial charge in [0.05, 0.1) is 13.2 Å². The maximum Gasteiger partial charge on any atom is 0.351 e. The van der Waals surface area contributed by atoms with Crippen molar-refractivity contribution >= 4 is 41.0 Å². The highest BCUT2D eigenvalue weighted by Gasteiger charge is 2.37. The number of hydrogen-bond acceptors (Lipinski definition) is 4. The van der Waals surface area contributed by atoms with Crippen molar-refractivity contribution in [3.63, 3.8) is 0 Å². The van der Waals surface area contributed by atoms with Crippen LogP contribution in [0.3, 0.4) is 0 Å². The molecule has 1 atom stereocenters. The van der Waals surface area contributed by atoms with E-state index >= 15 is 0 Å². The molecule has 192 valence electrons. The van der Waals surface area contributed by atoms with E-state index in [2.05, 4.69) is 51.9 Å². The first-order valence-corrected chi connectivity index (χ1v) is 14.5. The summed E-state index contributed by atoms with van der Waals surface area (Å²) in [5, 5.41) is 6.51. The molecular weight excluding hydrogens is 505 g/mol. The number of rotatable bonds is 11. The second-order valence-corrected chi connectivity index (χ2v) is 11.4. The van der Waals surface area contributed by atoms with Crippen LogP contribution in [-0.2, 0) is 13.6 Å². The summed E-state index contributed by atoms with van der Waals surface area (Å²) in [6.07, 6.45) is 4.14. The van der Waals surface area contributed by atoms with Crippen molar-refractivity contribution in [3.05, 3.63) is 107 Å². The largest absolute Gasteiger partial charge is 0.361 e. The van der Waals surface area contributed by atoms with Gasteiger partial charge in [0.2, 0.25) is 0 Å². The molecule has 0 aliphatic carbocycles. The Morgan fingerprint density at radius 2 is 1.32 bits per heavy atom. The predicted molar refractivity (Wildman–Crippen MR) is 151 cm³/mol. The number of benzene rings is 3. The van der Waals surface area contributed by atoms with Gasteiger partial charge in [-0.05, 0) is 54.8 Å². The minimum Gasteiger partial charge on any atom is -0.361 e. The van der Waals surface area contributed by atoms with Gasteiger partial charge in [-0.2, -0.15) is 0 Å². The van der Waals surface area contributed by atoms with Crippen molar-refractivity contribution < 1.29 is 13.6 Å². The lowest BCUT2D eigenvalue weighted by atomic mass is 9.90. The first kappa shape index (κ1) is 25.8. The lowest BCUT2D eigenvalue weighted by Gasteiger charge is -2.29. The Hall–Kier alpha value is -2.86. The molecule has 0 saturated carbocycles. The van der Waals surface area contributed by atoms with Gasteiger partial charge in [0.1, 0.15) is 5.78 Å². The van der Waals surface area contributed by atoms with E-state index in [9.17, 15) is 4.57 Å². The SMILES string of the molecule is CCOP(=O)(OCC)C(NCC(c1c[nH]c2ccccc12)c1c[nH]c2ccccc12)c1ccc(Cl)cc1. The maximum atomic E-state index is 14.1. The number of nitrogens with one attached hydrogen (secondary N) is 3. The summed E-state index contributed by atoms with van der Waals surface area (Å²) in [5.41, 5.74) is 5.26. The van der Waals surface area contributed by atoms with Gasteiger partial charge in [0, 0.05) is 51.7 Å². The molecule has 0 fully saturated rings. The summed E-state index contributed by atoms with van der Waals surface area (Å²) < 4.78 is 25.6. The molecule has 5 rings (SSSR count). The molecule has 5 aromatic rings. The number of H-pyrrole nitrogens is 2. The highest BCUT2D eigenvalue weighted by molar-refractivity contribution is 7.54. The van der Waals surface area contributed by atoms with Crippen molar-refractivity contribution in [1.29, 1.82) is 0 Å². The smallest absolute Gasteiger partial charge is 0.351 e. The molecule has 0 aliphatic rings. The van der Waals surface area contributed by atoms with Crippen LogP contribution in [0.4, 0.5) is 0 Å². The van der Waals surface area contributed by atoms with Crippen LogP contribution in [-0.4, -0.2) is 29.7 Å². The Bertz CT molecular complexity index is 1440. The zero-order chi connectivity index (χ0) is 25.8. The number of para-hydroxylation sites is 2. The third-order valence-corrected chi connectivity index (χ3v) is 9.23. The molecule has 1 unspecified atom stereocenters. The molecule has 3 aromatic carbocycles. The van der Waals surface area contributed by atoms with E-state index in [4.69, 9.17) is 20.6 Å². The molecule has 8 heteroatoms. The van der Waals surface area contributed by atoms with Gasteiger partial charge >= 0.3 is 7.60 Å². The van der Waals surface area contributed by atoms with Gasteiger partial charge in [-0.3, -0.25) is 9.88 Å². The van der Waals surface area contributed by atoms with Crippen LogP contribution in [0.5, 0.6) is 0 Å². The van der Waals surface area contributed by atoms with Crippen LogP contribution in [0.15, 0.2) is 85.2 Å². The zero-order valence-corrected chi connectivity index (χ0v) is 22.6. The first-order chi connectivity index (χ1) is 18.0. The van der Waals surface area contributed by atoms with Gasteiger partial charge in [0.15, 0.2) is 0 Å². The average molecular weight is 536 g/mol. The van der Waals surface area contributed by atoms with Crippen LogP contribution in [0.2, 0.25) is 5.02 Å². The zero-order valence-electron chi connectivity index (χ0n) is 20.9. The van der Waals surface area contributed by atoms with Crippen LogP contribution < -0.4 is 5.32 Å². The Balaban J connectivity index is 1.58. The second-order valence-electron chi connectivity index (χ2n) is 8.87. The highest BCUT2D eigenvalue weighted by atomic mass is 35.5. The van der Waals surface area contributed by atoms with Crippen LogP contribution in [0, 0.1) is 0 Å². The summed E-state index contributed by atoms with van der Waals surface area (Å²) in [5.74, 6) is -0.707. The molecule has 3 N–H and O–H groups in total. The van der Waals surface area contributed by atoms with E-state index < -0.39 is 13.4 Å². The lowest BCUT2D eigenvalue weighted by Crippen LogP contribution is -2.28. The van der Waals surface area contributed by atoms with Crippen molar-refractivity contribution in [2.45, 2.75) is 25.5 Å². The Kier molecular flexibility index (Phi) is 7.84. The van der Waals surface area contributed by atoms with Gasteiger partial charge < -0.3 is 19.0 Å². The molecule has 0 saturated heterocycles. The molecule has 2 aromatic heterocycles. The average Bonchev–Trinajstić information content (AvgIpc) is 3.53. The summed E-state index contributed by atoms with van der Waals surface area (Å²) in [6.45, 7) is 4.70. The van der Waals surface area contributed by atoms with Crippen molar-refractivity contribution in [2.24, 2.45) is 0 Å². The molecule has 6 nitrogen and oxygen atoms in total. The quantitative estimate of drug-likeness (QED) is 0.150. The van der Waals surface area contributed by atoms with Gasteiger partial charge in [-0.25, -0.2) is 0 Å². The van der Waals surface area contributed by atoms with E-state index in [1.807, 2.05) is 50.2 Å². The van der Waals surface area contributed by atoms with Crippen molar-refractivity contribution in [2.75, 3.05) is 19.8 Å². The number of fused-ring (bicyclic) bond motifs is 2. The van der Waals surface area contributed by atoms with Crippen molar-refractivity contribution in [1.82, 2.24) is 15.3 Å². The number of aromatic amines is 2. The van der Waals surface area contributed by atoms with E-state index in [-0.39, 0.29) is 19.1 Å². The molecule has 0 bridgehead atoms. The lowest BCUT2D eigenvalue weighted by molar-refractivity contribution is 0.207. The Labute approximate surface area is 221 Å². The third-order valence-electron chi connectivity index (χ3n) is 6.63. The number of halogens is 1. The summed E-state index contributed by atoms with van der Waals surface area (Å²) in [4.78, 5) is 6.84. The molecule has 0 amide bonds. The molecule has 0 radical (unpaired) electrons. The molecule has 37 heavy (non-hydrogen) atoms. The van der Waals surface area contributed by atoms with Crippen LogP contribution >= 0.6 is 19.2 Å². The standard InChI is InChI=1S/C29H31ClN3O3P/c1-3-35-37(34,36-4-2)29(20-13-15-21(30)16-14-20)33-19-26(24-17-31-27-11-7-5-9-22(24)27)25-18-32-28-12-8-6-10-23(25)28/h5-18,26,29,31-33H,3-4,19H2,1-2H3. The number of aromatic nitrogens is 2. The van der Waals surface area contributed by atoms with E-state index in [1.54, 1.807) is 12.1 Å². The Morgan fingerprint density at radius 1 is 0.811 bits per heavy atom. The monoisotopic (exact) mass is 535 g/mol. The predicted octanol–water partition coefficient (Wildman–Crippen LogP) is 7.99. The van der Waals surface area contributed by atoms with Gasteiger partial charge in [0.25, 0.3) is 0 Å². The normalized spacial score (nSPS) is 13.1. The fourth-order valence-corrected chi connectivity index (χ4v) is 7.07. The summed E-state index contributed by atoms with van der Waals surface area (Å²) >= 11 is 6.17. The fourth-order valence-electron chi connectivity index (χ4n) is 4.98. The highest BCUT2D eigenvalue weighted by Crippen LogP contribution is 2.59. The van der Waals surface area contributed by atoms with E-state index in [0.29, 0.717) is 11.6 Å². The van der Waals surface area contributed by atoms with Crippen LogP contribution in [0.25, 0.3) is 21.8 Å². The van der Waals surface area contributed by atoms with Gasteiger partial charge in [-0.1, -0.05) is 60.1 Å². The topological polar surface area (TPSA) is 79.1 Å². The minimum atomic E-state index is -3.54. The maximum absolute atomic E-state index is 14.1. The van der Waals surface area contributed by atoms with Crippen molar-refractivity contribution in [3.8, 4) is 0 Å². The van der Waals surface area contributed by atoms with Crippen LogP contribution in [0.1, 0.15) is 42.2 Å². The summed E-state index contributed by atoms with van der Waals surface area (Å²) in [7, 11) is -3.54. The molecular formula is C29H31ClN3O3P. The molecule has 0 aliphatic heterocycles. The second kappa shape index (κ2) is 11.3. The Morgan fingerprint density at radius 3 is 1.84 bits per heavy atom. The van der Waals surface area contributed by atoms with Gasteiger partial charge in [-0.15, -0.1) is 0 Å². The molecule has 0 spiro atoms. The third kappa shape index (κ3) is 5.26.